The molecule has 1 amide bonds. The van der Waals surface area contributed by atoms with Crippen molar-refractivity contribution < 1.29 is 9.72 Å². The molecular weight excluding hydrogens is 334 g/mol. The number of nitrogens with one attached hydrogen (secondary N) is 1. The van der Waals surface area contributed by atoms with Crippen LogP contribution in [-0.4, -0.2) is 25.6 Å². The molecule has 132 valence electrons. The minimum Gasteiger partial charge on any atom is -0.322 e. The van der Waals surface area contributed by atoms with E-state index in [9.17, 15) is 14.9 Å². The first-order valence-corrected chi connectivity index (χ1v) is 8.04. The smallest absolute Gasteiger partial charge is 0.273 e. The minimum absolute atomic E-state index is 0.0811. The zero-order chi connectivity index (χ0) is 18.7. The van der Waals surface area contributed by atoms with Gasteiger partial charge in [-0.15, -0.1) is 10.2 Å². The zero-order valence-electron chi connectivity index (χ0n) is 14.3. The van der Waals surface area contributed by atoms with Gasteiger partial charge in [-0.05, 0) is 32.0 Å². The first kappa shape index (κ1) is 17.3. The van der Waals surface area contributed by atoms with Gasteiger partial charge in [0.1, 0.15) is 6.33 Å². The summed E-state index contributed by atoms with van der Waals surface area (Å²) in [6.45, 7) is 4.35. The van der Waals surface area contributed by atoms with Crippen LogP contribution < -0.4 is 5.32 Å². The van der Waals surface area contributed by atoms with Crippen molar-refractivity contribution in [2.24, 2.45) is 0 Å². The van der Waals surface area contributed by atoms with E-state index in [2.05, 4.69) is 15.5 Å². The molecule has 26 heavy (non-hydrogen) atoms. The van der Waals surface area contributed by atoms with Gasteiger partial charge in [0.15, 0.2) is 5.82 Å². The predicted molar refractivity (Wildman–Crippen MR) is 96.9 cm³/mol. The maximum absolute atomic E-state index is 12.5. The molecule has 3 aromatic rings. The third kappa shape index (κ3) is 3.44. The maximum atomic E-state index is 12.5. The number of hydrogen-bond acceptors (Lipinski definition) is 5. The van der Waals surface area contributed by atoms with Crippen LogP contribution in [0.1, 0.15) is 22.8 Å². The molecule has 0 spiro atoms. The van der Waals surface area contributed by atoms with E-state index in [4.69, 9.17) is 0 Å². The standard InChI is InChI=1S/C18H17N5O3/c1-3-22-11-19-21-17(22)13-5-4-6-15(9-13)20-18(24)14-8-7-12(2)16(10-14)23(25)26/h4-11H,3H2,1-2H3,(H,20,24). The van der Waals surface area contributed by atoms with Gasteiger partial charge in [0.25, 0.3) is 11.6 Å². The lowest BCUT2D eigenvalue weighted by Crippen LogP contribution is -2.12. The first-order valence-electron chi connectivity index (χ1n) is 8.04. The van der Waals surface area contributed by atoms with Crippen molar-refractivity contribution in [3.63, 3.8) is 0 Å². The topological polar surface area (TPSA) is 103 Å². The number of hydrogen-bond donors (Lipinski definition) is 1. The Kier molecular flexibility index (Phi) is 4.74. The summed E-state index contributed by atoms with van der Waals surface area (Å²) in [5.74, 6) is 0.289. The summed E-state index contributed by atoms with van der Waals surface area (Å²) in [5.41, 5.74) is 2.04. The number of amides is 1. The van der Waals surface area contributed by atoms with Gasteiger partial charge < -0.3 is 9.88 Å². The highest BCUT2D eigenvalue weighted by Crippen LogP contribution is 2.23. The summed E-state index contributed by atoms with van der Waals surface area (Å²) in [7, 11) is 0. The second-order valence-electron chi connectivity index (χ2n) is 5.73. The molecule has 0 saturated heterocycles. The number of rotatable bonds is 5. The van der Waals surface area contributed by atoms with Crippen LogP contribution in [0.15, 0.2) is 48.8 Å². The second kappa shape index (κ2) is 7.14. The van der Waals surface area contributed by atoms with Gasteiger partial charge in [-0.1, -0.05) is 18.2 Å². The number of carbonyl (C=O) groups excluding carboxylic acids is 1. The van der Waals surface area contributed by atoms with Gasteiger partial charge in [0.05, 0.1) is 4.92 Å². The number of carbonyl (C=O) groups is 1. The molecule has 0 bridgehead atoms. The second-order valence-corrected chi connectivity index (χ2v) is 5.73. The quantitative estimate of drug-likeness (QED) is 0.560. The lowest BCUT2D eigenvalue weighted by atomic mass is 10.1. The molecule has 2 aromatic carbocycles. The molecule has 0 aliphatic heterocycles. The zero-order valence-corrected chi connectivity index (χ0v) is 14.3. The van der Waals surface area contributed by atoms with Crippen LogP contribution in [0.3, 0.4) is 0 Å². The van der Waals surface area contributed by atoms with Gasteiger partial charge in [-0.25, -0.2) is 0 Å². The Morgan fingerprint density at radius 3 is 2.81 bits per heavy atom. The van der Waals surface area contributed by atoms with Crippen molar-refractivity contribution in [3.05, 3.63) is 70.0 Å². The molecule has 3 rings (SSSR count). The molecule has 0 radical (unpaired) electrons. The lowest BCUT2D eigenvalue weighted by molar-refractivity contribution is -0.385. The molecular formula is C18H17N5O3. The third-order valence-corrected chi connectivity index (χ3v) is 4.00. The summed E-state index contributed by atoms with van der Waals surface area (Å²) < 4.78 is 1.89. The Morgan fingerprint density at radius 2 is 2.08 bits per heavy atom. The number of nitro groups is 1. The number of nitro benzene ring substituents is 1. The van der Waals surface area contributed by atoms with E-state index in [-0.39, 0.29) is 11.3 Å². The van der Waals surface area contributed by atoms with E-state index in [1.54, 1.807) is 43.6 Å². The van der Waals surface area contributed by atoms with Crippen molar-refractivity contribution in [2.75, 3.05) is 5.32 Å². The molecule has 0 saturated carbocycles. The lowest BCUT2D eigenvalue weighted by Gasteiger charge is -2.08. The first-order chi connectivity index (χ1) is 12.5. The van der Waals surface area contributed by atoms with Crippen molar-refractivity contribution in [1.82, 2.24) is 14.8 Å². The summed E-state index contributed by atoms with van der Waals surface area (Å²) in [4.78, 5) is 23.0. The van der Waals surface area contributed by atoms with Crippen LogP contribution in [-0.2, 0) is 6.54 Å². The Balaban J connectivity index is 1.86. The van der Waals surface area contributed by atoms with Gasteiger partial charge in [-0.2, -0.15) is 0 Å². The number of benzene rings is 2. The van der Waals surface area contributed by atoms with Crippen LogP contribution in [0.25, 0.3) is 11.4 Å². The molecule has 0 unspecified atom stereocenters. The molecule has 0 aliphatic carbocycles. The third-order valence-electron chi connectivity index (χ3n) is 4.00. The highest BCUT2D eigenvalue weighted by atomic mass is 16.6. The van der Waals surface area contributed by atoms with Crippen LogP contribution in [0.4, 0.5) is 11.4 Å². The molecule has 1 aromatic heterocycles. The number of nitrogens with zero attached hydrogens (tertiary/aromatic N) is 4. The fraction of sp³-hybridized carbons (Fsp3) is 0.167. The summed E-state index contributed by atoms with van der Waals surface area (Å²) in [5, 5.41) is 21.8. The van der Waals surface area contributed by atoms with E-state index in [1.165, 1.54) is 6.07 Å². The fourth-order valence-corrected chi connectivity index (χ4v) is 2.60. The van der Waals surface area contributed by atoms with Crippen LogP contribution >= 0.6 is 0 Å². The molecule has 0 fully saturated rings. The molecule has 0 aliphatic rings. The van der Waals surface area contributed by atoms with E-state index in [0.717, 1.165) is 12.1 Å². The summed E-state index contributed by atoms with van der Waals surface area (Å²) in [6, 6.07) is 11.6. The van der Waals surface area contributed by atoms with Gasteiger partial charge in [-0.3, -0.25) is 14.9 Å². The van der Waals surface area contributed by atoms with Gasteiger partial charge >= 0.3 is 0 Å². The van der Waals surface area contributed by atoms with Crippen LogP contribution in [0.5, 0.6) is 0 Å². The number of aryl methyl sites for hydroxylation is 2. The SMILES string of the molecule is CCn1cnnc1-c1cccc(NC(=O)c2ccc(C)c([N+](=O)[O-])c2)c1. The number of anilines is 1. The van der Waals surface area contributed by atoms with Crippen molar-refractivity contribution >= 4 is 17.3 Å². The van der Waals surface area contributed by atoms with Crippen LogP contribution in [0.2, 0.25) is 0 Å². The molecule has 8 heteroatoms. The average molecular weight is 351 g/mol. The minimum atomic E-state index is -0.496. The number of aromatic nitrogens is 3. The molecule has 8 nitrogen and oxygen atoms in total. The van der Waals surface area contributed by atoms with E-state index in [1.807, 2.05) is 17.6 Å². The van der Waals surface area contributed by atoms with E-state index < -0.39 is 10.8 Å². The Labute approximate surface area is 149 Å². The summed E-state index contributed by atoms with van der Waals surface area (Å²) in [6.07, 6.45) is 1.64. The Morgan fingerprint density at radius 1 is 1.27 bits per heavy atom. The highest BCUT2D eigenvalue weighted by Gasteiger charge is 2.15. The largest absolute Gasteiger partial charge is 0.322 e. The van der Waals surface area contributed by atoms with Crippen molar-refractivity contribution in [1.29, 1.82) is 0 Å². The highest BCUT2D eigenvalue weighted by molar-refractivity contribution is 6.05. The average Bonchev–Trinajstić information content (AvgIpc) is 3.10. The Hall–Kier alpha value is -3.55. The van der Waals surface area contributed by atoms with Gasteiger partial charge in [0, 0.05) is 35.0 Å². The molecule has 1 heterocycles. The van der Waals surface area contributed by atoms with Crippen molar-refractivity contribution in [2.45, 2.75) is 20.4 Å². The normalized spacial score (nSPS) is 10.5. The maximum Gasteiger partial charge on any atom is 0.273 e. The Bertz CT molecular complexity index is 980. The van der Waals surface area contributed by atoms with Crippen LogP contribution in [0, 0.1) is 17.0 Å². The molecule has 0 atom stereocenters. The predicted octanol–water partition coefficient (Wildman–Crippen LogP) is 3.43. The monoisotopic (exact) mass is 351 g/mol. The molecule has 1 N–H and O–H groups in total. The van der Waals surface area contributed by atoms with Crippen molar-refractivity contribution in [3.8, 4) is 11.4 Å². The van der Waals surface area contributed by atoms with Gasteiger partial charge in [0.2, 0.25) is 0 Å². The van der Waals surface area contributed by atoms with E-state index in [0.29, 0.717) is 17.1 Å². The van der Waals surface area contributed by atoms with E-state index >= 15 is 0 Å². The fourth-order valence-electron chi connectivity index (χ4n) is 2.60. The summed E-state index contributed by atoms with van der Waals surface area (Å²) >= 11 is 0.